The van der Waals surface area contributed by atoms with Gasteiger partial charge in [0.25, 0.3) is 0 Å². The number of benzene rings is 2. The van der Waals surface area contributed by atoms with Crippen LogP contribution in [0.1, 0.15) is 29.5 Å². The van der Waals surface area contributed by atoms with Crippen LogP contribution in [-0.2, 0) is 19.6 Å². The number of fused-ring (bicyclic) bond motifs is 1. The summed E-state index contributed by atoms with van der Waals surface area (Å²) in [7, 11) is 0. The molecule has 5 rings (SSSR count). The number of imidazole rings is 1. The maximum Gasteiger partial charge on any atom is 0.330 e. The second-order valence-corrected chi connectivity index (χ2v) is 10.2. The van der Waals surface area contributed by atoms with Crippen LogP contribution in [0.2, 0.25) is 0 Å². The molecule has 178 valence electrons. The second-order valence-electron chi connectivity index (χ2n) is 9.39. The number of nitrogens with zero attached hydrogens (tertiary/aromatic N) is 4. The fourth-order valence-corrected chi connectivity index (χ4v) is 6.08. The van der Waals surface area contributed by atoms with E-state index in [1.165, 1.54) is 16.7 Å². The highest BCUT2D eigenvalue weighted by molar-refractivity contribution is 7.17. The normalized spacial score (nSPS) is 15.3. The van der Waals surface area contributed by atoms with Gasteiger partial charge in [-0.2, -0.15) is 0 Å². The number of piperazine rings is 1. The Morgan fingerprint density at radius 3 is 2.00 bits per heavy atom. The SMILES string of the molecule is Cc1csc2c1n(Cc1ccccc1)c(=O)n2CCCCN1CCN(Cc2ccccc2)CC1. The first-order valence-corrected chi connectivity index (χ1v) is 13.3. The van der Waals surface area contributed by atoms with Crippen LogP contribution in [-0.4, -0.2) is 51.7 Å². The number of aryl methyl sites for hydroxylation is 2. The lowest BCUT2D eigenvalue weighted by molar-refractivity contribution is 0.125. The molecular formula is C28H34N4OS. The number of hydrogen-bond donors (Lipinski definition) is 0. The molecule has 4 aromatic rings. The van der Waals surface area contributed by atoms with Crippen LogP contribution < -0.4 is 5.69 Å². The largest absolute Gasteiger partial charge is 0.330 e. The van der Waals surface area contributed by atoms with Crippen molar-refractivity contribution in [1.29, 1.82) is 0 Å². The summed E-state index contributed by atoms with van der Waals surface area (Å²) in [5.74, 6) is 0. The van der Waals surface area contributed by atoms with Crippen LogP contribution in [0.4, 0.5) is 0 Å². The minimum atomic E-state index is 0.128. The van der Waals surface area contributed by atoms with Crippen molar-refractivity contribution in [3.8, 4) is 0 Å². The van der Waals surface area contributed by atoms with Gasteiger partial charge >= 0.3 is 5.69 Å². The van der Waals surface area contributed by atoms with Crippen LogP contribution in [0.25, 0.3) is 10.3 Å². The molecule has 2 aromatic heterocycles. The molecule has 0 saturated carbocycles. The second kappa shape index (κ2) is 10.7. The minimum Gasteiger partial charge on any atom is -0.301 e. The number of aromatic nitrogens is 2. The van der Waals surface area contributed by atoms with E-state index in [9.17, 15) is 4.79 Å². The van der Waals surface area contributed by atoms with Crippen molar-refractivity contribution in [3.63, 3.8) is 0 Å². The maximum absolute atomic E-state index is 13.3. The fourth-order valence-electron chi connectivity index (χ4n) is 5.00. The molecule has 0 amide bonds. The van der Waals surface area contributed by atoms with Crippen molar-refractivity contribution in [2.45, 2.75) is 39.4 Å². The van der Waals surface area contributed by atoms with Crippen molar-refractivity contribution < 1.29 is 0 Å². The van der Waals surface area contributed by atoms with Gasteiger partial charge in [-0.1, -0.05) is 60.7 Å². The van der Waals surface area contributed by atoms with Gasteiger partial charge in [0.1, 0.15) is 4.83 Å². The number of unbranched alkanes of at least 4 members (excludes halogenated alkanes) is 1. The van der Waals surface area contributed by atoms with E-state index in [2.05, 4.69) is 64.6 Å². The lowest BCUT2D eigenvalue weighted by Crippen LogP contribution is -2.46. The van der Waals surface area contributed by atoms with Crippen LogP contribution in [0.15, 0.2) is 70.8 Å². The molecule has 0 atom stereocenters. The van der Waals surface area contributed by atoms with Gasteiger partial charge in [0.05, 0.1) is 12.1 Å². The van der Waals surface area contributed by atoms with E-state index in [0.29, 0.717) is 6.54 Å². The van der Waals surface area contributed by atoms with Crippen LogP contribution in [0.3, 0.4) is 0 Å². The quantitative estimate of drug-likeness (QED) is 0.326. The first kappa shape index (κ1) is 23.1. The van der Waals surface area contributed by atoms with Crippen molar-refractivity contribution in [2.24, 2.45) is 0 Å². The van der Waals surface area contributed by atoms with Crippen molar-refractivity contribution in [1.82, 2.24) is 18.9 Å². The Kier molecular flexibility index (Phi) is 7.28. The third-order valence-electron chi connectivity index (χ3n) is 6.90. The van der Waals surface area contributed by atoms with Gasteiger partial charge < -0.3 is 4.90 Å². The molecule has 0 N–H and O–H groups in total. The average Bonchev–Trinajstić information content (AvgIpc) is 3.36. The highest BCUT2D eigenvalue weighted by atomic mass is 32.1. The van der Waals surface area contributed by atoms with Gasteiger partial charge in [0, 0.05) is 39.3 Å². The Hall–Kier alpha value is -2.67. The lowest BCUT2D eigenvalue weighted by atomic mass is 10.2. The fraction of sp³-hybridized carbons (Fsp3) is 0.393. The lowest BCUT2D eigenvalue weighted by Gasteiger charge is -2.34. The summed E-state index contributed by atoms with van der Waals surface area (Å²) >= 11 is 1.70. The van der Waals surface area contributed by atoms with E-state index in [0.717, 1.165) is 69.0 Å². The summed E-state index contributed by atoms with van der Waals surface area (Å²) < 4.78 is 3.97. The monoisotopic (exact) mass is 474 g/mol. The Morgan fingerprint density at radius 2 is 1.32 bits per heavy atom. The van der Waals surface area contributed by atoms with Crippen LogP contribution >= 0.6 is 11.3 Å². The zero-order chi connectivity index (χ0) is 23.3. The number of hydrogen-bond acceptors (Lipinski definition) is 4. The Balaban J connectivity index is 1.14. The molecule has 0 unspecified atom stereocenters. The van der Waals surface area contributed by atoms with Crippen LogP contribution in [0, 0.1) is 6.92 Å². The summed E-state index contributed by atoms with van der Waals surface area (Å²) in [5, 5.41) is 2.18. The zero-order valence-electron chi connectivity index (χ0n) is 20.0. The predicted molar refractivity (Wildman–Crippen MR) is 142 cm³/mol. The Morgan fingerprint density at radius 1 is 0.735 bits per heavy atom. The highest BCUT2D eigenvalue weighted by Crippen LogP contribution is 2.26. The molecular weight excluding hydrogens is 440 g/mol. The van der Waals surface area contributed by atoms with E-state index >= 15 is 0 Å². The maximum atomic E-state index is 13.3. The summed E-state index contributed by atoms with van der Waals surface area (Å²) in [6.45, 7) is 10.2. The van der Waals surface area contributed by atoms with Crippen molar-refractivity contribution in [2.75, 3.05) is 32.7 Å². The van der Waals surface area contributed by atoms with Gasteiger partial charge in [-0.3, -0.25) is 14.0 Å². The van der Waals surface area contributed by atoms with Gasteiger partial charge in [0.15, 0.2) is 0 Å². The first-order chi connectivity index (χ1) is 16.7. The van der Waals surface area contributed by atoms with E-state index in [4.69, 9.17) is 0 Å². The number of thiophene rings is 1. The minimum absolute atomic E-state index is 0.128. The van der Waals surface area contributed by atoms with E-state index in [1.807, 2.05) is 27.3 Å². The summed E-state index contributed by atoms with van der Waals surface area (Å²) in [6.07, 6.45) is 2.16. The molecule has 1 fully saturated rings. The van der Waals surface area contributed by atoms with E-state index < -0.39 is 0 Å². The third kappa shape index (κ3) is 5.19. The van der Waals surface area contributed by atoms with Crippen molar-refractivity contribution in [3.05, 3.63) is 93.2 Å². The van der Waals surface area contributed by atoms with E-state index in [-0.39, 0.29) is 5.69 Å². The molecule has 1 saturated heterocycles. The molecule has 6 heteroatoms. The molecule has 5 nitrogen and oxygen atoms in total. The Labute approximate surface area is 205 Å². The van der Waals surface area contributed by atoms with Gasteiger partial charge in [-0.05, 0) is 48.4 Å². The molecule has 34 heavy (non-hydrogen) atoms. The topological polar surface area (TPSA) is 33.4 Å². The Bertz CT molecular complexity index is 1250. The molecule has 2 aromatic carbocycles. The van der Waals surface area contributed by atoms with Gasteiger partial charge in [-0.25, -0.2) is 4.79 Å². The predicted octanol–water partition coefficient (Wildman–Crippen LogP) is 4.82. The zero-order valence-corrected chi connectivity index (χ0v) is 20.8. The number of rotatable bonds is 9. The van der Waals surface area contributed by atoms with E-state index in [1.54, 1.807) is 11.3 Å². The van der Waals surface area contributed by atoms with Gasteiger partial charge in [0.2, 0.25) is 0 Å². The molecule has 0 radical (unpaired) electrons. The third-order valence-corrected chi connectivity index (χ3v) is 8.01. The highest BCUT2D eigenvalue weighted by Gasteiger charge is 2.18. The molecule has 0 spiro atoms. The van der Waals surface area contributed by atoms with Crippen LogP contribution in [0.5, 0.6) is 0 Å². The standard InChI is InChI=1S/C28H34N4OS/c1-23-22-34-27-26(23)32(21-25-12-6-3-7-13-25)28(33)31(27)15-9-8-14-29-16-18-30(19-17-29)20-24-10-4-2-5-11-24/h2-7,10-13,22H,8-9,14-21H2,1H3. The van der Waals surface area contributed by atoms with Gasteiger partial charge in [-0.15, -0.1) is 11.3 Å². The molecule has 3 heterocycles. The summed E-state index contributed by atoms with van der Waals surface area (Å²) in [5.41, 5.74) is 4.99. The summed E-state index contributed by atoms with van der Waals surface area (Å²) in [4.78, 5) is 19.6. The van der Waals surface area contributed by atoms with Crippen molar-refractivity contribution >= 4 is 21.7 Å². The molecule has 1 aliphatic rings. The molecule has 0 aliphatic carbocycles. The smallest absolute Gasteiger partial charge is 0.301 e. The average molecular weight is 475 g/mol. The molecule has 0 bridgehead atoms. The summed E-state index contributed by atoms with van der Waals surface area (Å²) in [6, 6.07) is 21.0. The first-order valence-electron chi connectivity index (χ1n) is 12.4. The molecule has 1 aliphatic heterocycles.